The van der Waals surface area contributed by atoms with Crippen molar-refractivity contribution in [2.24, 2.45) is 0 Å². The molecule has 0 aliphatic carbocycles. The molecular formula is C24H21FN4O5. The van der Waals surface area contributed by atoms with Crippen molar-refractivity contribution in [2.45, 2.75) is 13.1 Å². The number of halogens is 1. The van der Waals surface area contributed by atoms with Crippen molar-refractivity contribution in [1.82, 2.24) is 14.1 Å². The van der Waals surface area contributed by atoms with Crippen molar-refractivity contribution < 1.29 is 18.7 Å². The van der Waals surface area contributed by atoms with Gasteiger partial charge >= 0.3 is 5.69 Å². The minimum atomic E-state index is -0.688. The molecule has 0 aliphatic rings. The Labute approximate surface area is 193 Å². The second kappa shape index (κ2) is 9.57. The number of nitrogens with zero attached hydrogens (tertiary/aromatic N) is 3. The lowest BCUT2D eigenvalue weighted by atomic mass is 10.2. The first-order chi connectivity index (χ1) is 16.4. The number of hydrogen-bond donors (Lipinski definition) is 1. The molecule has 4 aromatic rings. The minimum Gasteiger partial charge on any atom is -0.497 e. The molecule has 4 rings (SSSR count). The molecule has 0 saturated carbocycles. The third-order valence-electron chi connectivity index (χ3n) is 5.23. The van der Waals surface area contributed by atoms with E-state index in [-0.39, 0.29) is 24.1 Å². The molecule has 0 spiro atoms. The Hall–Kier alpha value is -4.47. The number of aromatic nitrogens is 3. The number of hydrogen-bond acceptors (Lipinski definition) is 6. The summed E-state index contributed by atoms with van der Waals surface area (Å²) in [5, 5.41) is 2.71. The predicted molar refractivity (Wildman–Crippen MR) is 124 cm³/mol. The number of fused-ring (bicyclic) bond motifs is 1. The number of ether oxygens (including phenoxy) is 2. The monoisotopic (exact) mass is 464 g/mol. The first kappa shape index (κ1) is 22.7. The second-order valence-electron chi connectivity index (χ2n) is 7.37. The van der Waals surface area contributed by atoms with Crippen LogP contribution in [0.4, 0.5) is 10.1 Å². The number of benzene rings is 2. The van der Waals surface area contributed by atoms with E-state index in [1.807, 2.05) is 0 Å². The zero-order valence-electron chi connectivity index (χ0n) is 18.4. The van der Waals surface area contributed by atoms with Gasteiger partial charge in [0.25, 0.3) is 5.56 Å². The number of rotatable bonds is 7. The molecule has 0 bridgehead atoms. The summed E-state index contributed by atoms with van der Waals surface area (Å²) in [6.07, 6.45) is 1.43. The Morgan fingerprint density at radius 3 is 2.50 bits per heavy atom. The maximum atomic E-state index is 13.3. The van der Waals surface area contributed by atoms with Crippen LogP contribution in [0.2, 0.25) is 0 Å². The first-order valence-corrected chi connectivity index (χ1v) is 10.3. The largest absolute Gasteiger partial charge is 0.497 e. The maximum absolute atomic E-state index is 13.3. The van der Waals surface area contributed by atoms with Crippen molar-refractivity contribution in [3.8, 4) is 11.5 Å². The number of carbonyl (C=O) groups excluding carboxylic acids is 1. The van der Waals surface area contributed by atoms with Gasteiger partial charge in [0.2, 0.25) is 5.91 Å². The molecule has 0 unspecified atom stereocenters. The van der Waals surface area contributed by atoms with Crippen LogP contribution in [-0.2, 0) is 17.9 Å². The highest BCUT2D eigenvalue weighted by atomic mass is 19.1. The van der Waals surface area contributed by atoms with Gasteiger partial charge in [0.15, 0.2) is 5.52 Å². The molecule has 174 valence electrons. The number of carbonyl (C=O) groups is 1. The van der Waals surface area contributed by atoms with E-state index in [1.165, 1.54) is 49.2 Å². The summed E-state index contributed by atoms with van der Waals surface area (Å²) in [7, 11) is 2.97. The lowest BCUT2D eigenvalue weighted by Crippen LogP contribution is -2.42. The number of pyridine rings is 1. The molecule has 2 aromatic heterocycles. The molecule has 0 saturated heterocycles. The van der Waals surface area contributed by atoms with Crippen LogP contribution in [0.3, 0.4) is 0 Å². The van der Waals surface area contributed by atoms with Crippen LogP contribution >= 0.6 is 0 Å². The average Bonchev–Trinajstić information content (AvgIpc) is 2.85. The normalized spacial score (nSPS) is 10.8. The average molecular weight is 464 g/mol. The van der Waals surface area contributed by atoms with Crippen molar-refractivity contribution in [3.63, 3.8) is 0 Å². The van der Waals surface area contributed by atoms with E-state index in [4.69, 9.17) is 9.47 Å². The fourth-order valence-electron chi connectivity index (χ4n) is 3.54. The van der Waals surface area contributed by atoms with Crippen LogP contribution in [0, 0.1) is 5.82 Å². The van der Waals surface area contributed by atoms with Gasteiger partial charge in [-0.3, -0.25) is 18.7 Å². The van der Waals surface area contributed by atoms with Gasteiger partial charge in [0.1, 0.15) is 23.9 Å². The standard InChI is InChI=1S/C24H21FN4O5/c1-33-17-9-10-18(20(12-17)34-2)27-21(30)14-28-19-4-3-11-26-22(19)23(31)29(24(28)32)13-15-5-7-16(25)8-6-15/h3-12H,13-14H2,1-2H3,(H,27,30). The van der Waals surface area contributed by atoms with Crippen LogP contribution in [0.25, 0.3) is 11.0 Å². The van der Waals surface area contributed by atoms with E-state index in [1.54, 1.807) is 30.3 Å². The smallest absolute Gasteiger partial charge is 0.332 e. The van der Waals surface area contributed by atoms with E-state index in [0.717, 1.165) is 4.57 Å². The van der Waals surface area contributed by atoms with Gasteiger partial charge in [-0.2, -0.15) is 0 Å². The summed E-state index contributed by atoms with van der Waals surface area (Å²) in [4.78, 5) is 43.3. The van der Waals surface area contributed by atoms with E-state index in [2.05, 4.69) is 10.3 Å². The van der Waals surface area contributed by atoms with Gasteiger partial charge in [-0.1, -0.05) is 12.1 Å². The lowest BCUT2D eigenvalue weighted by Gasteiger charge is -2.15. The zero-order chi connectivity index (χ0) is 24.2. The molecule has 0 atom stereocenters. The highest BCUT2D eigenvalue weighted by molar-refractivity contribution is 5.93. The van der Waals surface area contributed by atoms with Gasteiger partial charge in [0.05, 0.1) is 32.0 Å². The summed E-state index contributed by atoms with van der Waals surface area (Å²) in [6.45, 7) is -0.474. The van der Waals surface area contributed by atoms with Gasteiger partial charge in [0, 0.05) is 12.3 Å². The molecule has 34 heavy (non-hydrogen) atoms. The van der Waals surface area contributed by atoms with Crippen LogP contribution in [0.5, 0.6) is 11.5 Å². The third-order valence-corrected chi connectivity index (χ3v) is 5.23. The van der Waals surface area contributed by atoms with Crippen molar-refractivity contribution in [1.29, 1.82) is 0 Å². The summed E-state index contributed by atoms with van der Waals surface area (Å²) in [5.74, 6) is -0.00845. The molecule has 0 fully saturated rings. The van der Waals surface area contributed by atoms with Crippen LogP contribution in [-0.4, -0.2) is 34.2 Å². The Kier molecular flexibility index (Phi) is 6.39. The molecule has 1 N–H and O–H groups in total. The topological polar surface area (TPSA) is 104 Å². The zero-order valence-corrected chi connectivity index (χ0v) is 18.4. The van der Waals surface area contributed by atoms with Crippen LogP contribution in [0.1, 0.15) is 5.56 Å². The highest BCUT2D eigenvalue weighted by Gasteiger charge is 2.17. The van der Waals surface area contributed by atoms with Gasteiger partial charge < -0.3 is 14.8 Å². The van der Waals surface area contributed by atoms with Crippen LogP contribution in [0.15, 0.2) is 70.4 Å². The minimum absolute atomic E-state index is 0.0408. The fraction of sp³-hybridized carbons (Fsp3) is 0.167. The third kappa shape index (κ3) is 4.51. The molecule has 0 radical (unpaired) electrons. The Balaban J connectivity index is 1.72. The Morgan fingerprint density at radius 2 is 1.79 bits per heavy atom. The molecule has 1 amide bonds. The maximum Gasteiger partial charge on any atom is 0.332 e. The Bertz CT molecular complexity index is 1480. The van der Waals surface area contributed by atoms with E-state index >= 15 is 0 Å². The van der Waals surface area contributed by atoms with Gasteiger partial charge in [-0.05, 0) is 42.0 Å². The van der Waals surface area contributed by atoms with E-state index in [0.29, 0.717) is 22.7 Å². The molecular weight excluding hydrogens is 443 g/mol. The first-order valence-electron chi connectivity index (χ1n) is 10.3. The predicted octanol–water partition coefficient (Wildman–Crippen LogP) is 2.40. The van der Waals surface area contributed by atoms with E-state index < -0.39 is 23.0 Å². The van der Waals surface area contributed by atoms with Crippen molar-refractivity contribution in [2.75, 3.05) is 19.5 Å². The summed E-state index contributed by atoms with van der Waals surface area (Å²) >= 11 is 0. The van der Waals surface area contributed by atoms with Gasteiger partial charge in [-0.25, -0.2) is 14.2 Å². The Morgan fingerprint density at radius 1 is 1.03 bits per heavy atom. The molecule has 10 heteroatoms. The van der Waals surface area contributed by atoms with Gasteiger partial charge in [-0.15, -0.1) is 0 Å². The molecule has 9 nitrogen and oxygen atoms in total. The number of methoxy groups -OCH3 is 2. The SMILES string of the molecule is COc1ccc(NC(=O)Cn2c(=O)n(Cc3ccc(F)cc3)c(=O)c3ncccc32)c(OC)c1. The van der Waals surface area contributed by atoms with Crippen LogP contribution < -0.4 is 26.0 Å². The number of nitrogens with one attached hydrogen (secondary N) is 1. The van der Waals surface area contributed by atoms with E-state index in [9.17, 15) is 18.8 Å². The highest BCUT2D eigenvalue weighted by Crippen LogP contribution is 2.29. The summed E-state index contributed by atoms with van der Waals surface area (Å²) < 4.78 is 25.9. The number of amides is 1. The molecule has 2 heterocycles. The molecule has 2 aromatic carbocycles. The fourth-order valence-corrected chi connectivity index (χ4v) is 3.54. The summed E-state index contributed by atoms with van der Waals surface area (Å²) in [6, 6.07) is 13.5. The molecule has 0 aliphatic heterocycles. The summed E-state index contributed by atoms with van der Waals surface area (Å²) in [5.41, 5.74) is -0.0768. The van der Waals surface area contributed by atoms with Crippen molar-refractivity contribution >= 4 is 22.6 Å². The van der Waals surface area contributed by atoms with Crippen molar-refractivity contribution in [3.05, 3.63) is 93.0 Å². The quantitative estimate of drug-likeness (QED) is 0.451. The lowest BCUT2D eigenvalue weighted by molar-refractivity contribution is -0.116. The number of anilines is 1. The second-order valence-corrected chi connectivity index (χ2v) is 7.37.